The van der Waals surface area contributed by atoms with Crippen molar-refractivity contribution in [3.8, 4) is 0 Å². The number of hydrogen-bond donors (Lipinski definition) is 2. The van der Waals surface area contributed by atoms with Gasteiger partial charge in [0.25, 0.3) is 0 Å². The van der Waals surface area contributed by atoms with Crippen molar-refractivity contribution in [3.05, 3.63) is 48.0 Å². The number of aryl methyl sites for hydroxylation is 2. The minimum absolute atomic E-state index is 0.0122. The molecule has 3 rings (SSSR count). The van der Waals surface area contributed by atoms with Crippen LogP contribution in [0.2, 0.25) is 0 Å². The van der Waals surface area contributed by atoms with Crippen LogP contribution in [0.15, 0.2) is 52.5 Å². The molecule has 0 aliphatic heterocycles. The van der Waals surface area contributed by atoms with Crippen molar-refractivity contribution in [1.82, 2.24) is 9.55 Å². The molecule has 0 unspecified atom stereocenters. The normalized spacial score (nSPS) is 11.7. The quantitative estimate of drug-likeness (QED) is 0.614. The summed E-state index contributed by atoms with van der Waals surface area (Å²) in [6.07, 6.45) is 0.902. The van der Waals surface area contributed by atoms with Gasteiger partial charge in [-0.15, -0.1) is 0 Å². The van der Waals surface area contributed by atoms with Crippen molar-refractivity contribution >= 4 is 44.4 Å². The van der Waals surface area contributed by atoms with Gasteiger partial charge in [0.05, 0.1) is 21.7 Å². The molecule has 1 heterocycles. The number of sulfonamides is 1. The Labute approximate surface area is 162 Å². The molecule has 3 aromatic rings. The first-order valence-corrected chi connectivity index (χ1v) is 10.8. The Hall–Kier alpha value is -2.36. The predicted octanol–water partition coefficient (Wildman–Crippen LogP) is 2.51. The first-order valence-electron chi connectivity index (χ1n) is 8.29. The summed E-state index contributed by atoms with van der Waals surface area (Å²) in [6, 6.07) is 12.3. The number of thioether (sulfide) groups is 1. The lowest BCUT2D eigenvalue weighted by atomic mass is 10.1. The number of rotatable bonds is 6. The van der Waals surface area contributed by atoms with Gasteiger partial charge in [-0.1, -0.05) is 30.8 Å². The molecule has 0 saturated carbocycles. The summed E-state index contributed by atoms with van der Waals surface area (Å²) in [4.78, 5) is 16.7. The van der Waals surface area contributed by atoms with E-state index in [1.54, 1.807) is 6.07 Å². The Kier molecular flexibility index (Phi) is 5.54. The maximum Gasteiger partial charge on any atom is 0.238 e. The van der Waals surface area contributed by atoms with Crippen LogP contribution in [0.5, 0.6) is 0 Å². The van der Waals surface area contributed by atoms with Gasteiger partial charge >= 0.3 is 0 Å². The summed E-state index contributed by atoms with van der Waals surface area (Å²) in [5.41, 5.74) is 3.20. The molecular weight excluding hydrogens is 384 g/mol. The highest BCUT2D eigenvalue weighted by molar-refractivity contribution is 7.99. The number of aromatic nitrogens is 2. The number of primary sulfonamides is 1. The highest BCUT2D eigenvalue weighted by Crippen LogP contribution is 2.25. The number of carbonyl (C=O) groups is 1. The van der Waals surface area contributed by atoms with Gasteiger partial charge in [-0.2, -0.15) is 0 Å². The fourth-order valence-electron chi connectivity index (χ4n) is 2.66. The lowest BCUT2D eigenvalue weighted by Gasteiger charge is -2.06. The van der Waals surface area contributed by atoms with Crippen LogP contribution in [-0.2, 0) is 28.3 Å². The molecule has 7 nitrogen and oxygen atoms in total. The summed E-state index contributed by atoms with van der Waals surface area (Å²) in [6.45, 7) is 2.06. The molecule has 0 aliphatic carbocycles. The van der Waals surface area contributed by atoms with E-state index in [0.29, 0.717) is 10.7 Å². The lowest BCUT2D eigenvalue weighted by Crippen LogP contribution is -2.14. The molecule has 0 spiro atoms. The smallest absolute Gasteiger partial charge is 0.238 e. The number of nitrogens with zero attached hydrogens (tertiary/aromatic N) is 2. The SMILES string of the molecule is CCc1cccc(NC(=O)CSc2nc3cc(S(N)(=O)=O)ccc3n2C)c1. The number of nitrogens with one attached hydrogen (secondary N) is 1. The van der Waals surface area contributed by atoms with Crippen LogP contribution >= 0.6 is 11.8 Å². The topological polar surface area (TPSA) is 107 Å². The van der Waals surface area contributed by atoms with Crippen molar-refractivity contribution in [2.24, 2.45) is 12.2 Å². The summed E-state index contributed by atoms with van der Waals surface area (Å²) < 4.78 is 24.8. The average Bonchev–Trinajstić information content (AvgIpc) is 2.95. The van der Waals surface area contributed by atoms with Crippen molar-refractivity contribution in [2.75, 3.05) is 11.1 Å². The van der Waals surface area contributed by atoms with Crippen molar-refractivity contribution in [3.63, 3.8) is 0 Å². The number of anilines is 1. The number of nitrogens with two attached hydrogens (primary N) is 1. The zero-order chi connectivity index (χ0) is 19.6. The Morgan fingerprint density at radius 2 is 2.04 bits per heavy atom. The number of hydrogen-bond acceptors (Lipinski definition) is 5. The van der Waals surface area contributed by atoms with Gasteiger partial charge in [-0.05, 0) is 42.3 Å². The highest BCUT2D eigenvalue weighted by Gasteiger charge is 2.14. The van der Waals surface area contributed by atoms with Crippen LogP contribution in [0.25, 0.3) is 11.0 Å². The number of benzene rings is 2. The van der Waals surface area contributed by atoms with E-state index in [1.165, 1.54) is 23.9 Å². The van der Waals surface area contributed by atoms with E-state index in [0.717, 1.165) is 23.2 Å². The second-order valence-electron chi connectivity index (χ2n) is 6.04. The van der Waals surface area contributed by atoms with Gasteiger partial charge in [0.1, 0.15) is 0 Å². The van der Waals surface area contributed by atoms with E-state index in [2.05, 4.69) is 17.2 Å². The van der Waals surface area contributed by atoms with E-state index in [1.807, 2.05) is 35.9 Å². The molecule has 0 fully saturated rings. The molecule has 0 saturated heterocycles. The van der Waals surface area contributed by atoms with Crippen molar-refractivity contribution < 1.29 is 13.2 Å². The van der Waals surface area contributed by atoms with Gasteiger partial charge in [0.15, 0.2) is 5.16 Å². The number of imidazole rings is 1. The summed E-state index contributed by atoms with van der Waals surface area (Å²) in [5, 5.41) is 8.66. The van der Waals surface area contributed by atoms with Crippen molar-refractivity contribution in [2.45, 2.75) is 23.4 Å². The van der Waals surface area contributed by atoms with E-state index >= 15 is 0 Å². The Balaban J connectivity index is 1.72. The summed E-state index contributed by atoms with van der Waals surface area (Å²) in [5.74, 6) is 0.0563. The molecule has 0 aliphatic rings. The van der Waals surface area contributed by atoms with Crippen LogP contribution in [-0.4, -0.2) is 29.6 Å². The van der Waals surface area contributed by atoms with E-state index in [4.69, 9.17) is 5.14 Å². The number of fused-ring (bicyclic) bond motifs is 1. The number of carbonyl (C=O) groups excluding carboxylic acids is 1. The van der Waals surface area contributed by atoms with E-state index in [-0.39, 0.29) is 16.6 Å². The number of amides is 1. The first kappa shape index (κ1) is 19.4. The molecule has 2 aromatic carbocycles. The van der Waals surface area contributed by atoms with Gasteiger partial charge in [-0.25, -0.2) is 18.5 Å². The molecule has 0 atom stereocenters. The van der Waals surface area contributed by atoms with Crippen LogP contribution in [0.1, 0.15) is 12.5 Å². The molecule has 9 heteroatoms. The van der Waals surface area contributed by atoms with Gasteiger partial charge in [0.2, 0.25) is 15.9 Å². The van der Waals surface area contributed by atoms with E-state index in [9.17, 15) is 13.2 Å². The minimum atomic E-state index is -3.78. The highest BCUT2D eigenvalue weighted by atomic mass is 32.2. The average molecular weight is 405 g/mol. The van der Waals surface area contributed by atoms with Crippen LogP contribution < -0.4 is 10.5 Å². The zero-order valence-electron chi connectivity index (χ0n) is 15.0. The lowest BCUT2D eigenvalue weighted by molar-refractivity contribution is -0.113. The zero-order valence-corrected chi connectivity index (χ0v) is 16.6. The second-order valence-corrected chi connectivity index (χ2v) is 8.54. The second kappa shape index (κ2) is 7.71. The minimum Gasteiger partial charge on any atom is -0.325 e. The summed E-state index contributed by atoms with van der Waals surface area (Å²) in [7, 11) is -1.97. The van der Waals surface area contributed by atoms with Crippen LogP contribution in [0.4, 0.5) is 5.69 Å². The molecule has 3 N–H and O–H groups in total. The fraction of sp³-hybridized carbons (Fsp3) is 0.222. The van der Waals surface area contributed by atoms with Gasteiger partial charge in [0, 0.05) is 12.7 Å². The first-order chi connectivity index (χ1) is 12.8. The third-order valence-electron chi connectivity index (χ3n) is 4.09. The Bertz CT molecular complexity index is 1110. The Morgan fingerprint density at radius 3 is 2.74 bits per heavy atom. The maximum atomic E-state index is 12.2. The molecule has 0 radical (unpaired) electrons. The third-order valence-corrected chi connectivity index (χ3v) is 6.03. The molecule has 1 amide bonds. The molecule has 1 aromatic heterocycles. The maximum absolute atomic E-state index is 12.2. The van der Waals surface area contributed by atoms with E-state index < -0.39 is 10.0 Å². The largest absolute Gasteiger partial charge is 0.325 e. The monoisotopic (exact) mass is 404 g/mol. The van der Waals surface area contributed by atoms with Crippen molar-refractivity contribution in [1.29, 1.82) is 0 Å². The van der Waals surface area contributed by atoms with Gasteiger partial charge in [-0.3, -0.25) is 4.79 Å². The third kappa shape index (κ3) is 4.49. The molecule has 27 heavy (non-hydrogen) atoms. The standard InChI is InChI=1S/C18H20N4O3S2/c1-3-12-5-4-6-13(9-12)20-17(23)11-26-18-21-15-10-14(27(19,24)25)7-8-16(15)22(18)2/h4-10H,3,11H2,1-2H3,(H,20,23)(H2,19,24,25). The predicted molar refractivity (Wildman–Crippen MR) is 107 cm³/mol. The molecular formula is C18H20N4O3S2. The van der Waals surface area contributed by atoms with Crippen LogP contribution in [0, 0.1) is 0 Å². The van der Waals surface area contributed by atoms with Gasteiger partial charge < -0.3 is 9.88 Å². The molecule has 0 bridgehead atoms. The fourth-order valence-corrected chi connectivity index (χ4v) is 3.98. The molecule has 142 valence electrons. The van der Waals surface area contributed by atoms with Crippen LogP contribution in [0.3, 0.4) is 0 Å². The summed E-state index contributed by atoms with van der Waals surface area (Å²) >= 11 is 1.28. The Morgan fingerprint density at radius 1 is 1.26 bits per heavy atom.